The van der Waals surface area contributed by atoms with Crippen molar-refractivity contribution < 1.29 is 26.3 Å². The van der Waals surface area contributed by atoms with Crippen LogP contribution in [0.1, 0.15) is 18.1 Å². The molecule has 3 rings (SSSR count). The molecule has 0 aliphatic carbocycles. The molecule has 29 heavy (non-hydrogen) atoms. The van der Waals surface area contributed by atoms with Crippen LogP contribution in [0.25, 0.3) is 11.3 Å². The molecule has 0 atom stereocenters. The average molecular weight is 425 g/mol. The van der Waals surface area contributed by atoms with Crippen molar-refractivity contribution in [2.24, 2.45) is 0 Å². The SMILES string of the molecule is CCOc1ccc(-c2[nH]ncc2CNS(=O)(=O)c2cccc(C(F)(F)F)c2)cc1. The second-order valence-electron chi connectivity index (χ2n) is 6.08. The fraction of sp³-hybridized carbons (Fsp3) is 0.211. The summed E-state index contributed by atoms with van der Waals surface area (Å²) in [7, 11) is -4.14. The normalized spacial score (nSPS) is 12.1. The van der Waals surface area contributed by atoms with E-state index in [1.165, 1.54) is 6.20 Å². The van der Waals surface area contributed by atoms with Gasteiger partial charge in [-0.3, -0.25) is 5.10 Å². The van der Waals surface area contributed by atoms with E-state index in [-0.39, 0.29) is 6.54 Å². The molecule has 0 radical (unpaired) electrons. The first-order chi connectivity index (χ1) is 13.7. The lowest BCUT2D eigenvalue weighted by molar-refractivity contribution is -0.137. The number of benzene rings is 2. The Hall–Kier alpha value is -2.85. The second-order valence-corrected chi connectivity index (χ2v) is 7.84. The third kappa shape index (κ3) is 4.96. The largest absolute Gasteiger partial charge is 0.494 e. The zero-order valence-electron chi connectivity index (χ0n) is 15.3. The third-order valence-corrected chi connectivity index (χ3v) is 5.50. The van der Waals surface area contributed by atoms with Crippen LogP contribution < -0.4 is 9.46 Å². The Morgan fingerprint density at radius 1 is 1.14 bits per heavy atom. The number of alkyl halides is 3. The van der Waals surface area contributed by atoms with Crippen molar-refractivity contribution in [1.29, 1.82) is 0 Å². The number of H-pyrrole nitrogens is 1. The highest BCUT2D eigenvalue weighted by Gasteiger charge is 2.31. The fourth-order valence-corrected chi connectivity index (χ4v) is 3.73. The van der Waals surface area contributed by atoms with Gasteiger partial charge in [0.25, 0.3) is 0 Å². The quantitative estimate of drug-likeness (QED) is 0.600. The Labute approximate surface area is 165 Å². The van der Waals surface area contributed by atoms with E-state index >= 15 is 0 Å². The summed E-state index contributed by atoms with van der Waals surface area (Å²) in [4.78, 5) is -0.460. The summed E-state index contributed by atoms with van der Waals surface area (Å²) in [6, 6.07) is 10.7. The molecule has 0 spiro atoms. The monoisotopic (exact) mass is 425 g/mol. The van der Waals surface area contributed by atoms with Gasteiger partial charge >= 0.3 is 6.18 Å². The van der Waals surface area contributed by atoms with Gasteiger partial charge < -0.3 is 4.74 Å². The minimum atomic E-state index is -4.63. The molecule has 0 saturated heterocycles. The zero-order chi connectivity index (χ0) is 21.1. The van der Waals surface area contributed by atoms with Crippen molar-refractivity contribution in [3.8, 4) is 17.0 Å². The summed E-state index contributed by atoms with van der Waals surface area (Å²) < 4.78 is 71.1. The number of ether oxygens (including phenoxy) is 1. The molecule has 2 aromatic carbocycles. The van der Waals surface area contributed by atoms with Crippen LogP contribution in [0.3, 0.4) is 0 Å². The van der Waals surface area contributed by atoms with Gasteiger partial charge in [0.05, 0.1) is 29.0 Å². The van der Waals surface area contributed by atoms with Gasteiger partial charge in [-0.15, -0.1) is 0 Å². The standard InChI is InChI=1S/C19H18F3N3O3S/c1-2-28-16-8-6-13(7-9-16)18-14(11-23-25-18)12-24-29(26,27)17-5-3-4-15(10-17)19(20,21)22/h3-11,24H,2,12H2,1H3,(H,23,25). The molecule has 0 fully saturated rings. The maximum atomic E-state index is 12.8. The maximum absolute atomic E-state index is 12.8. The van der Waals surface area contributed by atoms with Gasteiger partial charge in [0.15, 0.2) is 0 Å². The van der Waals surface area contributed by atoms with Crippen LogP contribution in [-0.2, 0) is 22.7 Å². The van der Waals surface area contributed by atoms with Crippen LogP contribution >= 0.6 is 0 Å². The van der Waals surface area contributed by atoms with Gasteiger partial charge in [-0.05, 0) is 49.4 Å². The first-order valence-corrected chi connectivity index (χ1v) is 10.1. The molecule has 0 amide bonds. The van der Waals surface area contributed by atoms with E-state index in [0.717, 1.165) is 23.8 Å². The van der Waals surface area contributed by atoms with Crippen molar-refractivity contribution in [1.82, 2.24) is 14.9 Å². The summed E-state index contributed by atoms with van der Waals surface area (Å²) in [6.45, 7) is 2.26. The summed E-state index contributed by atoms with van der Waals surface area (Å²) in [5.74, 6) is 0.697. The predicted molar refractivity (Wildman–Crippen MR) is 101 cm³/mol. The average Bonchev–Trinajstić information content (AvgIpc) is 3.15. The van der Waals surface area contributed by atoms with Crippen molar-refractivity contribution in [2.45, 2.75) is 24.5 Å². The lowest BCUT2D eigenvalue weighted by atomic mass is 10.1. The summed E-state index contributed by atoms with van der Waals surface area (Å²) in [6.07, 6.45) is -3.17. The molecule has 0 saturated carbocycles. The summed E-state index contributed by atoms with van der Waals surface area (Å²) in [5, 5.41) is 6.74. The van der Waals surface area contributed by atoms with E-state index in [9.17, 15) is 21.6 Å². The Bertz CT molecular complexity index is 1080. The van der Waals surface area contributed by atoms with Crippen molar-refractivity contribution in [2.75, 3.05) is 6.61 Å². The molecule has 0 unspecified atom stereocenters. The first kappa shape index (κ1) is 20.9. The number of nitrogens with zero attached hydrogens (tertiary/aromatic N) is 1. The molecule has 1 heterocycles. The van der Waals surface area contributed by atoms with E-state index in [2.05, 4.69) is 14.9 Å². The molecule has 0 aliphatic heterocycles. The van der Waals surface area contributed by atoms with Crippen LogP contribution in [0, 0.1) is 0 Å². The Morgan fingerprint density at radius 3 is 2.52 bits per heavy atom. The minimum absolute atomic E-state index is 0.141. The smallest absolute Gasteiger partial charge is 0.416 e. The molecule has 10 heteroatoms. The van der Waals surface area contributed by atoms with Crippen LogP contribution in [-0.4, -0.2) is 25.2 Å². The predicted octanol–water partition coefficient (Wildman–Crippen LogP) is 3.97. The van der Waals surface area contributed by atoms with Crippen molar-refractivity contribution >= 4 is 10.0 Å². The topological polar surface area (TPSA) is 84.1 Å². The molecule has 3 aromatic rings. The van der Waals surface area contributed by atoms with Crippen molar-refractivity contribution in [3.63, 3.8) is 0 Å². The lowest BCUT2D eigenvalue weighted by Gasteiger charge is -2.11. The number of hydrogen-bond donors (Lipinski definition) is 2. The van der Waals surface area contributed by atoms with Gasteiger partial charge in [-0.1, -0.05) is 6.07 Å². The van der Waals surface area contributed by atoms with Gasteiger partial charge in [0.2, 0.25) is 10.0 Å². The number of aromatic nitrogens is 2. The third-order valence-electron chi connectivity index (χ3n) is 4.10. The highest BCUT2D eigenvalue weighted by molar-refractivity contribution is 7.89. The lowest BCUT2D eigenvalue weighted by Crippen LogP contribution is -2.23. The summed E-state index contributed by atoms with van der Waals surface area (Å²) in [5.41, 5.74) is 0.877. The number of nitrogens with one attached hydrogen (secondary N) is 2. The van der Waals surface area contributed by atoms with E-state index in [1.807, 2.05) is 6.92 Å². The minimum Gasteiger partial charge on any atom is -0.494 e. The Kier molecular flexibility index (Phi) is 5.94. The van der Waals surface area contributed by atoms with Crippen LogP contribution in [0.2, 0.25) is 0 Å². The molecule has 0 aliphatic rings. The van der Waals surface area contributed by atoms with E-state index in [1.54, 1.807) is 24.3 Å². The number of rotatable bonds is 7. The fourth-order valence-electron chi connectivity index (χ4n) is 2.68. The van der Waals surface area contributed by atoms with E-state index < -0.39 is 26.7 Å². The molecule has 1 aromatic heterocycles. The van der Waals surface area contributed by atoms with Crippen molar-refractivity contribution in [3.05, 3.63) is 65.9 Å². The Balaban J connectivity index is 1.78. The second kappa shape index (κ2) is 8.26. The molecule has 6 nitrogen and oxygen atoms in total. The van der Waals surface area contributed by atoms with Crippen LogP contribution in [0.5, 0.6) is 5.75 Å². The van der Waals surface area contributed by atoms with Gasteiger partial charge in [-0.2, -0.15) is 18.3 Å². The van der Waals surface area contributed by atoms with Crippen LogP contribution in [0.15, 0.2) is 59.6 Å². The number of aromatic amines is 1. The molecule has 2 N–H and O–H groups in total. The number of sulfonamides is 1. The highest BCUT2D eigenvalue weighted by Crippen LogP contribution is 2.30. The van der Waals surface area contributed by atoms with Gasteiger partial charge in [-0.25, -0.2) is 13.1 Å². The molecule has 0 bridgehead atoms. The summed E-state index contributed by atoms with van der Waals surface area (Å²) >= 11 is 0. The molecular weight excluding hydrogens is 407 g/mol. The molecule has 154 valence electrons. The number of hydrogen-bond acceptors (Lipinski definition) is 4. The van der Waals surface area contributed by atoms with E-state index in [0.29, 0.717) is 29.7 Å². The first-order valence-electron chi connectivity index (χ1n) is 8.63. The highest BCUT2D eigenvalue weighted by atomic mass is 32.2. The van der Waals surface area contributed by atoms with Gasteiger partial charge in [0, 0.05) is 17.7 Å². The van der Waals surface area contributed by atoms with E-state index in [4.69, 9.17) is 4.74 Å². The number of halogens is 3. The Morgan fingerprint density at radius 2 is 1.86 bits per heavy atom. The molecular formula is C19H18F3N3O3S. The zero-order valence-corrected chi connectivity index (χ0v) is 16.1. The van der Waals surface area contributed by atoms with Gasteiger partial charge in [0.1, 0.15) is 5.75 Å². The van der Waals surface area contributed by atoms with Crippen LogP contribution in [0.4, 0.5) is 13.2 Å². The maximum Gasteiger partial charge on any atom is 0.416 e.